The number of allylic oxidation sites excluding steroid dienone is 2. The van der Waals surface area contributed by atoms with Gasteiger partial charge < -0.3 is 9.84 Å². The van der Waals surface area contributed by atoms with Crippen molar-refractivity contribution in [3.05, 3.63) is 47.6 Å². The van der Waals surface area contributed by atoms with Crippen molar-refractivity contribution in [2.75, 3.05) is 7.11 Å². The lowest BCUT2D eigenvalue weighted by Gasteiger charge is -2.12. The summed E-state index contributed by atoms with van der Waals surface area (Å²) in [6, 6.07) is 3.61. The zero-order valence-electron chi connectivity index (χ0n) is 9.86. The fraction of sp³-hybridized carbons (Fsp3) is 0.286. The van der Waals surface area contributed by atoms with Gasteiger partial charge >= 0.3 is 0 Å². The van der Waals surface area contributed by atoms with E-state index in [1.165, 1.54) is 0 Å². The fourth-order valence-corrected chi connectivity index (χ4v) is 1.73. The van der Waals surface area contributed by atoms with Crippen molar-refractivity contribution in [3.8, 4) is 5.75 Å². The van der Waals surface area contributed by atoms with Crippen LogP contribution in [-0.2, 0) is 17.8 Å². The second-order valence-corrected chi connectivity index (χ2v) is 3.52. The Kier molecular flexibility index (Phi) is 4.80. The molecule has 0 radical (unpaired) electrons. The van der Waals surface area contributed by atoms with E-state index in [0.717, 1.165) is 23.1 Å². The van der Waals surface area contributed by atoms with Crippen molar-refractivity contribution in [2.24, 2.45) is 0 Å². The number of rotatable bonds is 5. The van der Waals surface area contributed by atoms with Gasteiger partial charge in [-0.15, -0.1) is 0 Å². The van der Waals surface area contributed by atoms with Gasteiger partial charge in [0, 0.05) is 12.7 Å². The van der Waals surface area contributed by atoms with Crippen molar-refractivity contribution in [3.63, 3.8) is 0 Å². The molecule has 0 heterocycles. The summed E-state index contributed by atoms with van der Waals surface area (Å²) in [4.78, 5) is 0. The van der Waals surface area contributed by atoms with E-state index >= 15 is 0 Å². The van der Waals surface area contributed by atoms with Crippen LogP contribution in [0, 0.1) is 0 Å². The van der Waals surface area contributed by atoms with Gasteiger partial charge in [-0.1, -0.05) is 37.8 Å². The number of aromatic hydroxyl groups is 1. The van der Waals surface area contributed by atoms with Gasteiger partial charge in [0.1, 0.15) is 5.75 Å². The molecule has 16 heavy (non-hydrogen) atoms. The number of hydrogen-bond donors (Lipinski definition) is 1. The smallest absolute Gasteiger partial charge is 0.119 e. The molecule has 86 valence electrons. The molecule has 0 aromatic heterocycles. The van der Waals surface area contributed by atoms with Crippen LogP contribution in [0.15, 0.2) is 30.9 Å². The molecule has 2 heteroatoms. The van der Waals surface area contributed by atoms with Gasteiger partial charge in [-0.05, 0) is 23.6 Å². The number of hydrogen-bond acceptors (Lipinski definition) is 2. The van der Waals surface area contributed by atoms with Crippen molar-refractivity contribution in [1.29, 1.82) is 0 Å². The standard InChI is InChI=1S/C14H18O2/c1-4-6-7-13-11(10-16-3)8-9-14(15)12(13)5-2/h4,6-9,15H,1,5,10H2,2-3H3/b7-6-. The lowest BCUT2D eigenvalue weighted by Crippen LogP contribution is -1.97. The molecular weight excluding hydrogens is 200 g/mol. The maximum Gasteiger partial charge on any atom is 0.119 e. The van der Waals surface area contributed by atoms with Gasteiger partial charge in [-0.25, -0.2) is 0 Å². The minimum absolute atomic E-state index is 0.339. The maximum atomic E-state index is 9.78. The van der Waals surface area contributed by atoms with Gasteiger partial charge in [-0.3, -0.25) is 0 Å². The quantitative estimate of drug-likeness (QED) is 0.768. The summed E-state index contributed by atoms with van der Waals surface area (Å²) in [7, 11) is 1.67. The normalized spacial score (nSPS) is 10.9. The van der Waals surface area contributed by atoms with Gasteiger partial charge in [-0.2, -0.15) is 0 Å². The van der Waals surface area contributed by atoms with Gasteiger partial charge in [0.05, 0.1) is 6.61 Å². The Morgan fingerprint density at radius 3 is 2.75 bits per heavy atom. The molecule has 1 aromatic carbocycles. The Hall–Kier alpha value is -1.54. The van der Waals surface area contributed by atoms with E-state index in [-0.39, 0.29) is 0 Å². The van der Waals surface area contributed by atoms with Crippen molar-refractivity contribution in [2.45, 2.75) is 20.0 Å². The summed E-state index contributed by atoms with van der Waals surface area (Å²) in [6.45, 7) is 6.22. The monoisotopic (exact) mass is 218 g/mol. The van der Waals surface area contributed by atoms with Crippen molar-refractivity contribution >= 4 is 6.08 Å². The topological polar surface area (TPSA) is 29.5 Å². The van der Waals surface area contributed by atoms with Crippen LogP contribution in [-0.4, -0.2) is 12.2 Å². The highest BCUT2D eigenvalue weighted by Crippen LogP contribution is 2.27. The lowest BCUT2D eigenvalue weighted by molar-refractivity contribution is 0.184. The summed E-state index contributed by atoms with van der Waals surface area (Å²) >= 11 is 0. The average Bonchev–Trinajstić information content (AvgIpc) is 2.29. The Morgan fingerprint density at radius 1 is 1.44 bits per heavy atom. The predicted molar refractivity (Wildman–Crippen MR) is 67.4 cm³/mol. The van der Waals surface area contributed by atoms with Crippen molar-refractivity contribution < 1.29 is 9.84 Å². The molecule has 0 amide bonds. The van der Waals surface area contributed by atoms with E-state index in [2.05, 4.69) is 6.58 Å². The summed E-state index contributed by atoms with van der Waals surface area (Å²) in [6.07, 6.45) is 6.34. The Balaban J connectivity index is 3.28. The lowest BCUT2D eigenvalue weighted by atomic mass is 9.98. The number of phenols is 1. The number of methoxy groups -OCH3 is 1. The van der Waals surface area contributed by atoms with Crippen LogP contribution in [0.5, 0.6) is 5.75 Å². The first-order valence-corrected chi connectivity index (χ1v) is 5.36. The Morgan fingerprint density at radius 2 is 2.19 bits per heavy atom. The minimum atomic E-state index is 0.339. The molecule has 0 aliphatic heterocycles. The second-order valence-electron chi connectivity index (χ2n) is 3.52. The van der Waals surface area contributed by atoms with E-state index in [1.807, 2.05) is 25.1 Å². The third kappa shape index (κ3) is 2.74. The minimum Gasteiger partial charge on any atom is -0.508 e. The number of ether oxygens (including phenoxy) is 1. The molecule has 1 rings (SSSR count). The molecule has 0 aliphatic carbocycles. The van der Waals surface area contributed by atoms with Crippen LogP contribution in [0.2, 0.25) is 0 Å². The highest BCUT2D eigenvalue weighted by molar-refractivity contribution is 5.62. The molecule has 0 saturated carbocycles. The first-order chi connectivity index (χ1) is 7.74. The number of phenolic OH excluding ortho intramolecular Hbond substituents is 1. The molecule has 0 atom stereocenters. The van der Waals surface area contributed by atoms with E-state index in [9.17, 15) is 5.11 Å². The molecule has 0 fully saturated rings. The Bertz CT molecular complexity index is 392. The van der Waals surface area contributed by atoms with Crippen molar-refractivity contribution in [1.82, 2.24) is 0 Å². The summed E-state index contributed by atoms with van der Waals surface area (Å²) in [5.41, 5.74) is 3.06. The first kappa shape index (κ1) is 12.5. The van der Waals surface area contributed by atoms with Gasteiger partial charge in [0.2, 0.25) is 0 Å². The summed E-state index contributed by atoms with van der Waals surface area (Å²) in [5, 5.41) is 9.78. The molecule has 0 saturated heterocycles. The highest BCUT2D eigenvalue weighted by atomic mass is 16.5. The van der Waals surface area contributed by atoms with Crippen LogP contribution >= 0.6 is 0 Å². The maximum absolute atomic E-state index is 9.78. The molecule has 2 nitrogen and oxygen atoms in total. The van der Waals surface area contributed by atoms with Crippen LogP contribution < -0.4 is 0 Å². The van der Waals surface area contributed by atoms with E-state index in [4.69, 9.17) is 4.74 Å². The van der Waals surface area contributed by atoms with E-state index < -0.39 is 0 Å². The van der Waals surface area contributed by atoms with Gasteiger partial charge in [0.25, 0.3) is 0 Å². The number of benzene rings is 1. The first-order valence-electron chi connectivity index (χ1n) is 5.36. The summed E-state index contributed by atoms with van der Waals surface area (Å²) in [5.74, 6) is 0.339. The fourth-order valence-electron chi connectivity index (χ4n) is 1.73. The SMILES string of the molecule is C=C/C=C\c1c(COC)ccc(O)c1CC. The molecule has 0 aliphatic rings. The zero-order chi connectivity index (χ0) is 12.0. The molecule has 0 bridgehead atoms. The van der Waals surface area contributed by atoms with E-state index in [0.29, 0.717) is 12.4 Å². The van der Waals surface area contributed by atoms with Crippen LogP contribution in [0.1, 0.15) is 23.6 Å². The third-order valence-electron chi connectivity index (χ3n) is 2.48. The van der Waals surface area contributed by atoms with Gasteiger partial charge in [0.15, 0.2) is 0 Å². The molecular formula is C14H18O2. The van der Waals surface area contributed by atoms with E-state index in [1.54, 1.807) is 19.3 Å². The van der Waals surface area contributed by atoms with Crippen LogP contribution in [0.3, 0.4) is 0 Å². The largest absolute Gasteiger partial charge is 0.508 e. The predicted octanol–water partition coefficient (Wildman–Crippen LogP) is 3.30. The summed E-state index contributed by atoms with van der Waals surface area (Å²) < 4.78 is 5.15. The van der Waals surface area contributed by atoms with Crippen LogP contribution in [0.25, 0.3) is 6.08 Å². The van der Waals surface area contributed by atoms with Crippen LogP contribution in [0.4, 0.5) is 0 Å². The third-order valence-corrected chi connectivity index (χ3v) is 2.48. The molecule has 1 N–H and O–H groups in total. The average molecular weight is 218 g/mol. The second kappa shape index (κ2) is 6.13. The molecule has 1 aromatic rings. The highest BCUT2D eigenvalue weighted by Gasteiger charge is 2.08. The molecule has 0 unspecified atom stereocenters. The molecule has 0 spiro atoms. The zero-order valence-corrected chi connectivity index (χ0v) is 9.86. The Labute approximate surface area is 96.9 Å².